The summed E-state index contributed by atoms with van der Waals surface area (Å²) in [6, 6.07) is 3.43. The molecule has 4 heteroatoms. The van der Waals surface area contributed by atoms with Crippen molar-refractivity contribution in [2.45, 2.75) is 13.0 Å². The fraction of sp³-hybridized carbons (Fsp3) is 0.400. The first-order valence-electron chi connectivity index (χ1n) is 4.32. The lowest BCUT2D eigenvalue weighted by Gasteiger charge is -2.16. The topological polar surface area (TPSA) is 59.4 Å². The highest BCUT2D eigenvalue weighted by atomic mass is 16.5. The average Bonchev–Trinajstić information content (AvgIpc) is 2.27. The molecule has 0 saturated heterocycles. The number of esters is 1. The van der Waals surface area contributed by atoms with Gasteiger partial charge in [0.15, 0.2) is 0 Å². The molecule has 0 bridgehead atoms. The first-order chi connectivity index (χ1) is 6.66. The van der Waals surface area contributed by atoms with E-state index in [0.717, 1.165) is 0 Å². The van der Waals surface area contributed by atoms with Gasteiger partial charge in [-0.25, -0.2) is 0 Å². The number of methoxy groups -OCH3 is 1. The zero-order valence-electron chi connectivity index (χ0n) is 8.18. The highest BCUT2D eigenvalue weighted by Gasteiger charge is 2.23. The van der Waals surface area contributed by atoms with Gasteiger partial charge in [0.25, 0.3) is 0 Å². The molecular formula is C10H13NO3. The maximum atomic E-state index is 11.1. The Kier molecular flexibility index (Phi) is 3.59. The molecule has 4 nitrogen and oxygen atoms in total. The summed E-state index contributed by atoms with van der Waals surface area (Å²) >= 11 is 0. The van der Waals surface area contributed by atoms with Crippen LogP contribution in [-0.2, 0) is 9.53 Å². The van der Waals surface area contributed by atoms with Crippen molar-refractivity contribution in [3.8, 4) is 0 Å². The maximum Gasteiger partial charge on any atom is 0.311 e. The minimum atomic E-state index is -0.865. The SMILES string of the molecule is COC(=O)[C@@H](C)[C@H](O)c1cccnc1. The highest BCUT2D eigenvalue weighted by molar-refractivity contribution is 5.72. The number of carbonyl (C=O) groups is 1. The minimum absolute atomic E-state index is 0.429. The number of pyridine rings is 1. The largest absolute Gasteiger partial charge is 0.469 e. The summed E-state index contributed by atoms with van der Waals surface area (Å²) in [6.45, 7) is 1.61. The van der Waals surface area contributed by atoms with Crippen LogP contribution in [-0.4, -0.2) is 23.2 Å². The summed E-state index contributed by atoms with van der Waals surface area (Å²) in [6.07, 6.45) is 2.28. The van der Waals surface area contributed by atoms with Crippen molar-refractivity contribution in [1.82, 2.24) is 4.98 Å². The van der Waals surface area contributed by atoms with Crippen LogP contribution in [0.1, 0.15) is 18.6 Å². The quantitative estimate of drug-likeness (QED) is 0.729. The zero-order valence-corrected chi connectivity index (χ0v) is 8.18. The minimum Gasteiger partial charge on any atom is -0.469 e. The molecular weight excluding hydrogens is 182 g/mol. The number of aliphatic hydroxyl groups excluding tert-OH is 1. The molecule has 0 unspecified atom stereocenters. The number of ether oxygens (including phenoxy) is 1. The lowest BCUT2D eigenvalue weighted by Crippen LogP contribution is -2.20. The second kappa shape index (κ2) is 4.72. The van der Waals surface area contributed by atoms with Crippen LogP contribution in [0.25, 0.3) is 0 Å². The first kappa shape index (κ1) is 10.7. The van der Waals surface area contributed by atoms with Gasteiger partial charge in [-0.1, -0.05) is 6.07 Å². The van der Waals surface area contributed by atoms with Crippen molar-refractivity contribution in [3.63, 3.8) is 0 Å². The lowest BCUT2D eigenvalue weighted by atomic mass is 9.99. The molecule has 0 fully saturated rings. The van der Waals surface area contributed by atoms with E-state index in [2.05, 4.69) is 9.72 Å². The molecule has 1 heterocycles. The molecule has 0 amide bonds. The Hall–Kier alpha value is -1.42. The van der Waals surface area contributed by atoms with Crippen molar-refractivity contribution >= 4 is 5.97 Å². The lowest BCUT2D eigenvalue weighted by molar-refractivity contribution is -0.148. The molecule has 1 N–H and O–H groups in total. The molecule has 1 aromatic heterocycles. The van der Waals surface area contributed by atoms with Crippen LogP contribution in [0.3, 0.4) is 0 Å². The van der Waals surface area contributed by atoms with Crippen LogP contribution in [0, 0.1) is 5.92 Å². The standard InChI is InChI=1S/C10H13NO3/c1-7(10(13)14-2)9(12)8-4-3-5-11-6-8/h3-7,9,12H,1-2H3/t7-,9-/m0/s1. The fourth-order valence-corrected chi connectivity index (χ4v) is 1.15. The van der Waals surface area contributed by atoms with E-state index in [1.54, 1.807) is 25.3 Å². The van der Waals surface area contributed by atoms with Crippen LogP contribution < -0.4 is 0 Å². The number of nitrogens with zero attached hydrogens (tertiary/aromatic N) is 1. The number of aliphatic hydroxyl groups is 1. The van der Waals surface area contributed by atoms with Gasteiger partial charge in [-0.3, -0.25) is 9.78 Å². The highest BCUT2D eigenvalue weighted by Crippen LogP contribution is 2.21. The van der Waals surface area contributed by atoms with E-state index in [1.807, 2.05) is 0 Å². The number of aromatic nitrogens is 1. The van der Waals surface area contributed by atoms with Gasteiger partial charge in [-0.05, 0) is 18.6 Å². The molecule has 76 valence electrons. The summed E-state index contributed by atoms with van der Waals surface area (Å²) in [5.41, 5.74) is 0.616. The monoisotopic (exact) mass is 195 g/mol. The van der Waals surface area contributed by atoms with E-state index in [1.165, 1.54) is 13.3 Å². The molecule has 0 radical (unpaired) electrons. The van der Waals surface area contributed by atoms with Gasteiger partial charge in [0.1, 0.15) is 0 Å². The molecule has 0 spiro atoms. The third-order valence-corrected chi connectivity index (χ3v) is 2.07. The molecule has 0 saturated carbocycles. The number of hydrogen-bond donors (Lipinski definition) is 1. The Labute approximate surface area is 82.5 Å². The number of rotatable bonds is 3. The molecule has 0 aliphatic rings. The summed E-state index contributed by atoms with van der Waals surface area (Å²) in [5.74, 6) is -1.01. The molecule has 1 rings (SSSR count). The van der Waals surface area contributed by atoms with Crippen LogP contribution in [0.2, 0.25) is 0 Å². The molecule has 14 heavy (non-hydrogen) atoms. The summed E-state index contributed by atoms with van der Waals surface area (Å²) in [4.78, 5) is 15.0. The Bertz CT molecular complexity index is 299. The van der Waals surface area contributed by atoms with E-state index in [9.17, 15) is 9.90 Å². The summed E-state index contributed by atoms with van der Waals surface area (Å²) in [5, 5.41) is 9.75. The van der Waals surface area contributed by atoms with Gasteiger partial charge < -0.3 is 9.84 Å². The fourth-order valence-electron chi connectivity index (χ4n) is 1.15. The third kappa shape index (κ3) is 2.29. The molecule has 2 atom stereocenters. The molecule has 0 aliphatic heterocycles. The molecule has 0 aromatic carbocycles. The number of carbonyl (C=O) groups excluding carboxylic acids is 1. The Morgan fingerprint density at radius 3 is 2.86 bits per heavy atom. The Balaban J connectivity index is 2.75. The van der Waals surface area contributed by atoms with E-state index in [4.69, 9.17) is 0 Å². The Morgan fingerprint density at radius 2 is 2.36 bits per heavy atom. The van der Waals surface area contributed by atoms with Crippen LogP contribution in [0.4, 0.5) is 0 Å². The normalized spacial score (nSPS) is 14.5. The predicted molar refractivity (Wildman–Crippen MR) is 50.4 cm³/mol. The van der Waals surface area contributed by atoms with Gasteiger partial charge in [-0.15, -0.1) is 0 Å². The smallest absolute Gasteiger partial charge is 0.311 e. The molecule has 0 aliphatic carbocycles. The second-order valence-corrected chi connectivity index (χ2v) is 3.04. The van der Waals surface area contributed by atoms with Crippen LogP contribution >= 0.6 is 0 Å². The van der Waals surface area contributed by atoms with Gasteiger partial charge >= 0.3 is 5.97 Å². The van der Waals surface area contributed by atoms with Crippen molar-refractivity contribution in [1.29, 1.82) is 0 Å². The van der Waals surface area contributed by atoms with Gasteiger partial charge in [0, 0.05) is 12.4 Å². The van der Waals surface area contributed by atoms with E-state index in [0.29, 0.717) is 5.56 Å². The Morgan fingerprint density at radius 1 is 1.64 bits per heavy atom. The van der Waals surface area contributed by atoms with Crippen molar-refractivity contribution in [2.75, 3.05) is 7.11 Å². The molecule has 1 aromatic rings. The average molecular weight is 195 g/mol. The predicted octanol–water partition coefficient (Wildman–Crippen LogP) is 0.924. The van der Waals surface area contributed by atoms with Crippen LogP contribution in [0.5, 0.6) is 0 Å². The van der Waals surface area contributed by atoms with Gasteiger partial charge in [-0.2, -0.15) is 0 Å². The van der Waals surface area contributed by atoms with Gasteiger partial charge in [0.2, 0.25) is 0 Å². The van der Waals surface area contributed by atoms with Crippen LogP contribution in [0.15, 0.2) is 24.5 Å². The summed E-state index contributed by atoms with van der Waals surface area (Å²) < 4.78 is 4.54. The zero-order chi connectivity index (χ0) is 10.6. The van der Waals surface area contributed by atoms with E-state index >= 15 is 0 Å². The number of hydrogen-bond acceptors (Lipinski definition) is 4. The van der Waals surface area contributed by atoms with Crippen molar-refractivity contribution < 1.29 is 14.6 Å². The van der Waals surface area contributed by atoms with Gasteiger partial charge in [0.05, 0.1) is 19.1 Å². The second-order valence-electron chi connectivity index (χ2n) is 3.04. The van der Waals surface area contributed by atoms with E-state index < -0.39 is 18.0 Å². The van der Waals surface area contributed by atoms with Crippen molar-refractivity contribution in [2.24, 2.45) is 5.92 Å². The van der Waals surface area contributed by atoms with Crippen molar-refractivity contribution in [3.05, 3.63) is 30.1 Å². The third-order valence-electron chi connectivity index (χ3n) is 2.07. The van der Waals surface area contributed by atoms with E-state index in [-0.39, 0.29) is 0 Å². The first-order valence-corrected chi connectivity index (χ1v) is 4.32. The maximum absolute atomic E-state index is 11.1. The summed E-state index contributed by atoms with van der Waals surface area (Å²) in [7, 11) is 1.30.